The summed E-state index contributed by atoms with van der Waals surface area (Å²) < 4.78 is 0. The number of aromatic carboxylic acids is 1. The van der Waals surface area contributed by atoms with Gasteiger partial charge in [-0.2, -0.15) is 0 Å². The molecule has 0 unspecified atom stereocenters. The van der Waals surface area contributed by atoms with Gasteiger partial charge >= 0.3 is 5.97 Å². The first kappa shape index (κ1) is 12.7. The van der Waals surface area contributed by atoms with E-state index in [2.05, 4.69) is 4.98 Å². The van der Waals surface area contributed by atoms with Crippen molar-refractivity contribution in [2.75, 3.05) is 5.73 Å². The van der Waals surface area contributed by atoms with Crippen molar-refractivity contribution >= 4 is 34.9 Å². The lowest BCUT2D eigenvalue weighted by molar-refractivity contribution is 0.0698. The van der Waals surface area contributed by atoms with Gasteiger partial charge < -0.3 is 10.8 Å². The van der Waals surface area contributed by atoms with Crippen molar-refractivity contribution in [2.45, 2.75) is 0 Å². The molecule has 0 amide bonds. The molecule has 1 aromatic heterocycles. The van der Waals surface area contributed by atoms with Gasteiger partial charge in [-0.05, 0) is 24.3 Å². The number of benzene rings is 1. The zero-order chi connectivity index (χ0) is 13.3. The second-order valence-electron chi connectivity index (χ2n) is 3.58. The summed E-state index contributed by atoms with van der Waals surface area (Å²) in [6.45, 7) is 0. The van der Waals surface area contributed by atoms with E-state index < -0.39 is 5.97 Å². The van der Waals surface area contributed by atoms with Crippen molar-refractivity contribution in [3.05, 3.63) is 46.1 Å². The summed E-state index contributed by atoms with van der Waals surface area (Å²) in [5.74, 6) is -1.11. The maximum Gasteiger partial charge on any atom is 0.337 e. The van der Waals surface area contributed by atoms with E-state index in [1.165, 1.54) is 12.3 Å². The predicted octanol–water partition coefficient (Wildman–Crippen LogP) is 3.34. The van der Waals surface area contributed by atoms with Gasteiger partial charge in [0.15, 0.2) is 0 Å². The highest BCUT2D eigenvalue weighted by atomic mass is 35.5. The molecule has 0 aliphatic rings. The molecule has 1 aromatic carbocycles. The first-order chi connectivity index (χ1) is 8.49. The lowest BCUT2D eigenvalue weighted by Gasteiger charge is -2.08. The van der Waals surface area contributed by atoms with Crippen LogP contribution in [0.2, 0.25) is 10.0 Å². The predicted molar refractivity (Wildman–Crippen MR) is 71.1 cm³/mol. The van der Waals surface area contributed by atoms with Gasteiger partial charge in [0, 0.05) is 21.8 Å². The summed E-state index contributed by atoms with van der Waals surface area (Å²) in [5, 5.41) is 9.85. The quantitative estimate of drug-likeness (QED) is 0.886. The summed E-state index contributed by atoms with van der Waals surface area (Å²) in [6.07, 6.45) is 1.38. The monoisotopic (exact) mass is 282 g/mol. The highest BCUT2D eigenvalue weighted by molar-refractivity contribution is 6.35. The van der Waals surface area contributed by atoms with E-state index in [-0.39, 0.29) is 11.3 Å². The van der Waals surface area contributed by atoms with Gasteiger partial charge in [-0.1, -0.05) is 23.2 Å². The van der Waals surface area contributed by atoms with E-state index >= 15 is 0 Å². The number of halogens is 2. The lowest BCUT2D eigenvalue weighted by atomic mass is 10.1. The SMILES string of the molecule is Nc1c(C(=O)O)ccnc1-c1cc(Cl)cc(Cl)c1. The zero-order valence-corrected chi connectivity index (χ0v) is 10.5. The van der Waals surface area contributed by atoms with Crippen molar-refractivity contribution in [3.63, 3.8) is 0 Å². The Morgan fingerprint density at radius 2 is 1.83 bits per heavy atom. The van der Waals surface area contributed by atoms with Gasteiger partial charge in [-0.3, -0.25) is 4.98 Å². The van der Waals surface area contributed by atoms with Crippen molar-refractivity contribution in [1.82, 2.24) is 4.98 Å². The Hall–Kier alpha value is -1.78. The smallest absolute Gasteiger partial charge is 0.337 e. The molecule has 3 N–H and O–H groups in total. The molecule has 18 heavy (non-hydrogen) atoms. The minimum absolute atomic E-state index is 0.00361. The minimum atomic E-state index is -1.11. The first-order valence-electron chi connectivity index (χ1n) is 4.93. The van der Waals surface area contributed by atoms with Crippen LogP contribution in [-0.2, 0) is 0 Å². The molecular formula is C12H8Cl2N2O2. The van der Waals surface area contributed by atoms with Crippen LogP contribution < -0.4 is 5.73 Å². The Kier molecular flexibility index (Phi) is 3.41. The van der Waals surface area contributed by atoms with E-state index in [1.807, 2.05) is 0 Å². The van der Waals surface area contributed by atoms with Crippen molar-refractivity contribution in [1.29, 1.82) is 0 Å². The molecule has 92 valence electrons. The van der Waals surface area contributed by atoms with Crippen LogP contribution in [0.25, 0.3) is 11.3 Å². The van der Waals surface area contributed by atoms with E-state index in [9.17, 15) is 4.79 Å². The van der Waals surface area contributed by atoms with Gasteiger partial charge in [0.1, 0.15) is 0 Å². The van der Waals surface area contributed by atoms with Crippen molar-refractivity contribution < 1.29 is 9.90 Å². The summed E-state index contributed by atoms with van der Waals surface area (Å²) in [6, 6.07) is 6.16. The number of nitrogen functional groups attached to an aromatic ring is 1. The van der Waals surface area contributed by atoms with Crippen LogP contribution in [0, 0.1) is 0 Å². The maximum absolute atomic E-state index is 11.0. The van der Waals surface area contributed by atoms with Crippen molar-refractivity contribution in [3.8, 4) is 11.3 Å². The normalized spacial score (nSPS) is 10.3. The van der Waals surface area contributed by atoms with Crippen LogP contribution in [-0.4, -0.2) is 16.1 Å². The molecule has 0 fully saturated rings. The highest BCUT2D eigenvalue weighted by Gasteiger charge is 2.14. The Bertz CT molecular complexity index is 609. The Morgan fingerprint density at radius 1 is 1.22 bits per heavy atom. The standard InChI is InChI=1S/C12H8Cl2N2O2/c13-7-3-6(4-8(14)5-7)11-10(15)9(12(17)18)1-2-16-11/h1-5H,15H2,(H,17,18). The average molecular weight is 283 g/mol. The summed E-state index contributed by atoms with van der Waals surface area (Å²) >= 11 is 11.8. The average Bonchev–Trinajstić information content (AvgIpc) is 2.27. The van der Waals surface area contributed by atoms with Gasteiger partial charge in [0.2, 0.25) is 0 Å². The van der Waals surface area contributed by atoms with Crippen molar-refractivity contribution in [2.24, 2.45) is 0 Å². The van der Waals surface area contributed by atoms with Gasteiger partial charge in [-0.15, -0.1) is 0 Å². The Labute approximate surface area is 113 Å². The molecule has 0 radical (unpaired) electrons. The summed E-state index contributed by atoms with van der Waals surface area (Å²) in [7, 11) is 0. The third-order valence-electron chi connectivity index (χ3n) is 2.36. The number of carboxylic acids is 1. The molecule has 0 atom stereocenters. The molecule has 0 aliphatic heterocycles. The van der Waals surface area contributed by atoms with Gasteiger partial charge in [0.25, 0.3) is 0 Å². The fourth-order valence-corrected chi connectivity index (χ4v) is 2.11. The third kappa shape index (κ3) is 2.39. The minimum Gasteiger partial charge on any atom is -0.478 e. The van der Waals surface area contributed by atoms with Crippen LogP contribution in [0.5, 0.6) is 0 Å². The number of pyridine rings is 1. The summed E-state index contributed by atoms with van der Waals surface area (Å²) in [4.78, 5) is 15.0. The Balaban J connectivity index is 2.64. The Morgan fingerprint density at radius 3 is 2.39 bits per heavy atom. The van der Waals surface area contributed by atoms with E-state index in [0.29, 0.717) is 21.3 Å². The van der Waals surface area contributed by atoms with Crippen LogP contribution in [0.1, 0.15) is 10.4 Å². The molecule has 2 aromatic rings. The lowest BCUT2D eigenvalue weighted by Crippen LogP contribution is -2.05. The second kappa shape index (κ2) is 4.84. The number of nitrogens with zero attached hydrogens (tertiary/aromatic N) is 1. The number of carbonyl (C=O) groups is 1. The maximum atomic E-state index is 11.0. The highest BCUT2D eigenvalue weighted by Crippen LogP contribution is 2.30. The molecule has 0 saturated heterocycles. The molecular weight excluding hydrogens is 275 g/mol. The largest absolute Gasteiger partial charge is 0.478 e. The number of hydrogen-bond acceptors (Lipinski definition) is 3. The number of carboxylic acid groups (broad SMARTS) is 1. The zero-order valence-electron chi connectivity index (χ0n) is 9.02. The molecule has 0 saturated carbocycles. The van der Waals surface area contributed by atoms with Gasteiger partial charge in [0.05, 0.1) is 16.9 Å². The van der Waals surface area contributed by atoms with E-state index in [1.54, 1.807) is 18.2 Å². The third-order valence-corrected chi connectivity index (χ3v) is 2.79. The number of rotatable bonds is 2. The number of nitrogens with two attached hydrogens (primary N) is 1. The number of anilines is 1. The van der Waals surface area contributed by atoms with Crippen LogP contribution in [0.4, 0.5) is 5.69 Å². The number of aromatic nitrogens is 1. The molecule has 4 nitrogen and oxygen atoms in total. The van der Waals surface area contributed by atoms with Gasteiger partial charge in [-0.25, -0.2) is 4.79 Å². The van der Waals surface area contributed by atoms with Crippen LogP contribution >= 0.6 is 23.2 Å². The molecule has 1 heterocycles. The first-order valence-corrected chi connectivity index (χ1v) is 5.69. The topological polar surface area (TPSA) is 76.2 Å². The summed E-state index contributed by atoms with van der Waals surface area (Å²) in [5.41, 5.74) is 6.79. The molecule has 0 bridgehead atoms. The molecule has 6 heteroatoms. The second-order valence-corrected chi connectivity index (χ2v) is 4.46. The molecule has 0 spiro atoms. The van der Waals surface area contributed by atoms with Crippen LogP contribution in [0.3, 0.4) is 0 Å². The fourth-order valence-electron chi connectivity index (χ4n) is 1.58. The molecule has 0 aliphatic carbocycles. The van der Waals surface area contributed by atoms with E-state index in [4.69, 9.17) is 34.0 Å². The van der Waals surface area contributed by atoms with E-state index in [0.717, 1.165) is 0 Å². The molecule has 2 rings (SSSR count). The number of hydrogen-bond donors (Lipinski definition) is 2. The van der Waals surface area contributed by atoms with Crippen LogP contribution in [0.15, 0.2) is 30.5 Å². The fraction of sp³-hybridized carbons (Fsp3) is 0.